The average Bonchev–Trinajstić information content (AvgIpc) is 2.04. The lowest BCUT2D eigenvalue weighted by molar-refractivity contribution is -0.419. The highest BCUT2D eigenvalue weighted by Gasteiger charge is 2.01. The van der Waals surface area contributed by atoms with Gasteiger partial charge in [-0.3, -0.25) is 16.0 Å². The number of nitro groups is 1. The van der Waals surface area contributed by atoms with Gasteiger partial charge in [0.2, 0.25) is 0 Å². The largest absolute Gasteiger partial charge is 0.325 e. The van der Waals surface area contributed by atoms with Crippen molar-refractivity contribution in [2.45, 2.75) is 6.92 Å². The number of hydrogen-bond acceptors (Lipinski definition) is 4. The zero-order valence-corrected chi connectivity index (χ0v) is 6.78. The molecule has 0 radical (unpaired) electrons. The van der Waals surface area contributed by atoms with E-state index in [-0.39, 0.29) is 5.70 Å². The Labute approximate surface area is 70.4 Å². The zero-order chi connectivity index (χ0) is 9.56. The normalized spacial score (nSPS) is 11.7. The van der Waals surface area contributed by atoms with Crippen molar-refractivity contribution in [2.75, 3.05) is 0 Å². The summed E-state index contributed by atoms with van der Waals surface area (Å²) in [6, 6.07) is 0. The number of hydrogen-bond donors (Lipinski definition) is 2. The van der Waals surface area contributed by atoms with Gasteiger partial charge in [-0.1, -0.05) is 6.58 Å². The van der Waals surface area contributed by atoms with Crippen LogP contribution in [-0.4, -0.2) is 4.92 Å². The molecule has 0 unspecified atom stereocenters. The van der Waals surface area contributed by atoms with Crippen molar-refractivity contribution < 1.29 is 4.92 Å². The van der Waals surface area contributed by atoms with Crippen LogP contribution in [0.4, 0.5) is 0 Å². The Hall–Kier alpha value is -1.62. The summed E-state index contributed by atoms with van der Waals surface area (Å²) < 4.78 is 0. The van der Waals surface area contributed by atoms with Crippen LogP contribution in [-0.2, 0) is 0 Å². The molecule has 5 nitrogen and oxygen atoms in total. The summed E-state index contributed by atoms with van der Waals surface area (Å²) in [5.41, 5.74) is 2.67. The fraction of sp³-hybridized carbons (Fsp3) is 0.143. The van der Waals surface area contributed by atoms with Crippen molar-refractivity contribution in [3.63, 3.8) is 0 Å². The maximum atomic E-state index is 10.2. The molecule has 5 heteroatoms. The first-order chi connectivity index (χ1) is 5.61. The van der Waals surface area contributed by atoms with Crippen molar-refractivity contribution in [1.82, 2.24) is 5.43 Å². The summed E-state index contributed by atoms with van der Waals surface area (Å²) in [5, 5.41) is 10.2. The fourth-order valence-corrected chi connectivity index (χ4v) is 0.497. The van der Waals surface area contributed by atoms with E-state index >= 15 is 0 Å². The summed E-state index contributed by atoms with van der Waals surface area (Å²) in [7, 11) is 0. The molecular weight excluding hydrogens is 158 g/mol. The van der Waals surface area contributed by atoms with Crippen LogP contribution in [0.25, 0.3) is 0 Å². The first kappa shape index (κ1) is 10.4. The molecule has 0 aliphatic heterocycles. The molecule has 0 aromatic rings. The second-order valence-corrected chi connectivity index (χ2v) is 1.97. The highest BCUT2D eigenvalue weighted by atomic mass is 16.6. The summed E-state index contributed by atoms with van der Waals surface area (Å²) in [6.07, 6.45) is 4.14. The molecule has 0 atom stereocenters. The Morgan fingerprint density at radius 1 is 1.67 bits per heavy atom. The molecule has 0 amide bonds. The third-order valence-electron chi connectivity index (χ3n) is 1.15. The molecule has 66 valence electrons. The average molecular weight is 169 g/mol. The van der Waals surface area contributed by atoms with E-state index in [4.69, 9.17) is 5.84 Å². The summed E-state index contributed by atoms with van der Waals surface area (Å²) in [6.45, 7) is 5.05. The standard InChI is InChI=1S/C7H11N3O2/c1-3-7(10(11)12)5-4-6(2)9-8/h3-5,9H,2,8H2,1H3/b5-4-,7-3+. The molecule has 0 saturated carbocycles. The van der Waals surface area contributed by atoms with Gasteiger partial charge in [0.1, 0.15) is 0 Å². The molecule has 0 saturated heterocycles. The summed E-state index contributed by atoms with van der Waals surface area (Å²) in [4.78, 5) is 9.75. The first-order valence-corrected chi connectivity index (χ1v) is 3.26. The molecule has 12 heavy (non-hydrogen) atoms. The number of nitrogens with one attached hydrogen (secondary N) is 1. The molecule has 0 heterocycles. The van der Waals surface area contributed by atoms with E-state index in [1.165, 1.54) is 18.2 Å². The highest BCUT2D eigenvalue weighted by Crippen LogP contribution is 1.98. The van der Waals surface area contributed by atoms with Crippen LogP contribution in [0, 0.1) is 10.1 Å². The Morgan fingerprint density at radius 2 is 2.25 bits per heavy atom. The van der Waals surface area contributed by atoms with Gasteiger partial charge in [0.05, 0.1) is 4.92 Å². The van der Waals surface area contributed by atoms with Crippen LogP contribution in [0.3, 0.4) is 0 Å². The lowest BCUT2D eigenvalue weighted by Gasteiger charge is -1.94. The van der Waals surface area contributed by atoms with E-state index in [1.807, 2.05) is 0 Å². The quantitative estimate of drug-likeness (QED) is 0.281. The predicted molar refractivity (Wildman–Crippen MR) is 46.4 cm³/mol. The van der Waals surface area contributed by atoms with Crippen molar-refractivity contribution in [3.8, 4) is 0 Å². The topological polar surface area (TPSA) is 81.2 Å². The van der Waals surface area contributed by atoms with Crippen LogP contribution < -0.4 is 11.3 Å². The van der Waals surface area contributed by atoms with Gasteiger partial charge in [0, 0.05) is 11.8 Å². The zero-order valence-electron chi connectivity index (χ0n) is 6.78. The lowest BCUT2D eigenvalue weighted by Crippen LogP contribution is -2.18. The lowest BCUT2D eigenvalue weighted by atomic mass is 10.3. The van der Waals surface area contributed by atoms with Gasteiger partial charge in [-0.25, -0.2) is 0 Å². The molecule has 0 aromatic heterocycles. The van der Waals surface area contributed by atoms with Crippen LogP contribution in [0.2, 0.25) is 0 Å². The molecular formula is C7H11N3O2. The molecule has 0 aromatic carbocycles. The van der Waals surface area contributed by atoms with E-state index < -0.39 is 4.92 Å². The Bertz CT molecular complexity index is 243. The summed E-state index contributed by atoms with van der Waals surface area (Å²) >= 11 is 0. The van der Waals surface area contributed by atoms with Gasteiger partial charge >= 0.3 is 0 Å². The molecule has 0 bridgehead atoms. The molecule has 0 spiro atoms. The number of nitrogens with zero attached hydrogens (tertiary/aromatic N) is 1. The Morgan fingerprint density at radius 3 is 2.58 bits per heavy atom. The van der Waals surface area contributed by atoms with Crippen LogP contribution in [0.5, 0.6) is 0 Å². The number of hydrazine groups is 1. The minimum absolute atomic E-state index is 0.00593. The second kappa shape index (κ2) is 5.09. The molecule has 0 aliphatic rings. The molecule has 0 rings (SSSR count). The SMILES string of the molecule is C=C(/C=C\C(=C/C)[N+](=O)[O-])NN. The molecule has 3 N–H and O–H groups in total. The number of rotatable bonds is 4. The van der Waals surface area contributed by atoms with E-state index in [2.05, 4.69) is 12.0 Å². The van der Waals surface area contributed by atoms with Gasteiger partial charge in [-0.05, 0) is 19.1 Å². The third kappa shape index (κ3) is 3.52. The van der Waals surface area contributed by atoms with E-state index in [1.54, 1.807) is 6.92 Å². The van der Waals surface area contributed by atoms with Crippen LogP contribution in [0.1, 0.15) is 6.92 Å². The summed E-state index contributed by atoms with van der Waals surface area (Å²) in [5.74, 6) is 4.99. The maximum absolute atomic E-state index is 10.2. The van der Waals surface area contributed by atoms with Gasteiger partial charge in [0.25, 0.3) is 5.70 Å². The van der Waals surface area contributed by atoms with Crippen LogP contribution in [0.15, 0.2) is 36.2 Å². The van der Waals surface area contributed by atoms with E-state index in [9.17, 15) is 10.1 Å². The van der Waals surface area contributed by atoms with Crippen molar-refractivity contribution >= 4 is 0 Å². The van der Waals surface area contributed by atoms with Crippen molar-refractivity contribution in [3.05, 3.63) is 46.3 Å². The number of nitrogens with two attached hydrogens (primary N) is 1. The van der Waals surface area contributed by atoms with E-state index in [0.29, 0.717) is 5.70 Å². The van der Waals surface area contributed by atoms with Crippen molar-refractivity contribution in [1.29, 1.82) is 0 Å². The van der Waals surface area contributed by atoms with E-state index in [0.717, 1.165) is 0 Å². The highest BCUT2D eigenvalue weighted by molar-refractivity contribution is 5.20. The maximum Gasteiger partial charge on any atom is 0.265 e. The minimum Gasteiger partial charge on any atom is -0.325 e. The third-order valence-corrected chi connectivity index (χ3v) is 1.15. The molecule has 0 aliphatic carbocycles. The van der Waals surface area contributed by atoms with Gasteiger partial charge in [0.15, 0.2) is 0 Å². The predicted octanol–water partition coefficient (Wildman–Crippen LogP) is 0.700. The van der Waals surface area contributed by atoms with Crippen molar-refractivity contribution in [2.24, 2.45) is 5.84 Å². The Balaban J connectivity index is 4.32. The molecule has 0 fully saturated rings. The smallest absolute Gasteiger partial charge is 0.265 e. The van der Waals surface area contributed by atoms with Gasteiger partial charge in [-0.2, -0.15) is 0 Å². The minimum atomic E-state index is -0.486. The Kier molecular flexibility index (Phi) is 4.40. The van der Waals surface area contributed by atoms with Crippen LogP contribution >= 0.6 is 0 Å². The second-order valence-electron chi connectivity index (χ2n) is 1.97. The number of allylic oxidation sites excluding steroid dienone is 3. The fourth-order valence-electron chi connectivity index (χ4n) is 0.497. The monoisotopic (exact) mass is 169 g/mol. The van der Waals surface area contributed by atoms with Gasteiger partial charge in [-0.15, -0.1) is 0 Å². The first-order valence-electron chi connectivity index (χ1n) is 3.26. The van der Waals surface area contributed by atoms with Gasteiger partial charge < -0.3 is 5.43 Å².